The predicted octanol–water partition coefficient (Wildman–Crippen LogP) is 0.161. The third-order valence-electron chi connectivity index (χ3n) is 2.11. The molecule has 66 valence electrons. The molecule has 0 radical (unpaired) electrons. The van der Waals surface area contributed by atoms with E-state index in [-0.39, 0.29) is 0 Å². The van der Waals surface area contributed by atoms with Gasteiger partial charge in [0, 0.05) is 6.61 Å². The van der Waals surface area contributed by atoms with E-state index in [1.807, 2.05) is 6.92 Å². The molecular weight excluding hydrogens is 156 g/mol. The molecule has 2 rings (SSSR count). The van der Waals surface area contributed by atoms with Gasteiger partial charge in [0.1, 0.15) is 5.82 Å². The van der Waals surface area contributed by atoms with Crippen molar-refractivity contribution in [3.8, 4) is 0 Å². The standard InChI is InChI=1S/C7H12N4O/c1-6-8-9-10-11(6)5-7-3-2-4-12-7/h7H,2-5H2,1H3/t7-/m1/s1. The zero-order valence-electron chi connectivity index (χ0n) is 7.10. The Morgan fingerprint density at radius 1 is 1.67 bits per heavy atom. The van der Waals surface area contributed by atoms with Gasteiger partial charge >= 0.3 is 0 Å². The Kier molecular flexibility index (Phi) is 2.03. The molecule has 1 aromatic rings. The summed E-state index contributed by atoms with van der Waals surface area (Å²) in [6.45, 7) is 3.57. The summed E-state index contributed by atoms with van der Waals surface area (Å²) in [4.78, 5) is 0. The van der Waals surface area contributed by atoms with E-state index >= 15 is 0 Å². The van der Waals surface area contributed by atoms with Crippen LogP contribution in [0.5, 0.6) is 0 Å². The van der Waals surface area contributed by atoms with Crippen LogP contribution < -0.4 is 0 Å². The highest BCUT2D eigenvalue weighted by Gasteiger charge is 2.17. The summed E-state index contributed by atoms with van der Waals surface area (Å²) in [6, 6.07) is 0. The average Bonchev–Trinajstić information content (AvgIpc) is 2.65. The van der Waals surface area contributed by atoms with Gasteiger partial charge in [-0.05, 0) is 30.2 Å². The van der Waals surface area contributed by atoms with Crippen molar-refractivity contribution in [2.45, 2.75) is 32.4 Å². The van der Waals surface area contributed by atoms with Gasteiger partial charge in [-0.3, -0.25) is 0 Å². The summed E-state index contributed by atoms with van der Waals surface area (Å²) in [6.07, 6.45) is 2.60. The first-order valence-electron chi connectivity index (χ1n) is 4.20. The summed E-state index contributed by atoms with van der Waals surface area (Å²) in [5.41, 5.74) is 0. The molecule has 1 aliphatic heterocycles. The molecule has 5 heteroatoms. The number of hydrogen-bond acceptors (Lipinski definition) is 4. The quantitative estimate of drug-likeness (QED) is 0.631. The first kappa shape index (κ1) is 7.67. The molecule has 0 unspecified atom stereocenters. The second kappa shape index (κ2) is 3.18. The highest BCUT2D eigenvalue weighted by atomic mass is 16.5. The van der Waals surface area contributed by atoms with Crippen LogP contribution >= 0.6 is 0 Å². The molecule has 1 aromatic heterocycles. The van der Waals surface area contributed by atoms with Crippen molar-refractivity contribution in [1.29, 1.82) is 0 Å². The van der Waals surface area contributed by atoms with Gasteiger partial charge in [0.05, 0.1) is 12.6 Å². The van der Waals surface area contributed by atoms with Gasteiger partial charge in [-0.25, -0.2) is 4.68 Å². The maximum atomic E-state index is 5.46. The third-order valence-corrected chi connectivity index (χ3v) is 2.11. The fourth-order valence-corrected chi connectivity index (χ4v) is 1.40. The molecule has 0 aliphatic carbocycles. The number of aromatic nitrogens is 4. The molecule has 1 saturated heterocycles. The van der Waals surface area contributed by atoms with Crippen molar-refractivity contribution in [1.82, 2.24) is 20.2 Å². The maximum Gasteiger partial charge on any atom is 0.148 e. The van der Waals surface area contributed by atoms with Crippen LogP contribution in [0.15, 0.2) is 0 Å². The van der Waals surface area contributed by atoms with Gasteiger partial charge in [-0.1, -0.05) is 0 Å². The summed E-state index contributed by atoms with van der Waals surface area (Å²) < 4.78 is 7.25. The molecular formula is C7H12N4O. The lowest BCUT2D eigenvalue weighted by molar-refractivity contribution is 0.0929. The molecule has 12 heavy (non-hydrogen) atoms. The molecule has 0 saturated carbocycles. The fourth-order valence-electron chi connectivity index (χ4n) is 1.40. The van der Waals surface area contributed by atoms with Crippen LogP contribution in [0.1, 0.15) is 18.7 Å². The van der Waals surface area contributed by atoms with Crippen molar-refractivity contribution < 1.29 is 4.74 Å². The molecule has 0 spiro atoms. The van der Waals surface area contributed by atoms with Gasteiger partial charge in [-0.15, -0.1) is 5.10 Å². The number of aryl methyl sites for hydroxylation is 1. The Bertz CT molecular complexity index is 254. The van der Waals surface area contributed by atoms with Crippen molar-refractivity contribution in [2.75, 3.05) is 6.61 Å². The van der Waals surface area contributed by atoms with Crippen LogP contribution in [0, 0.1) is 6.92 Å². The predicted molar refractivity (Wildman–Crippen MR) is 41.5 cm³/mol. The van der Waals surface area contributed by atoms with Crippen LogP contribution in [-0.4, -0.2) is 32.9 Å². The van der Waals surface area contributed by atoms with E-state index in [0.29, 0.717) is 6.10 Å². The fraction of sp³-hybridized carbons (Fsp3) is 0.857. The second-order valence-corrected chi connectivity index (χ2v) is 3.04. The molecule has 0 N–H and O–H groups in total. The highest BCUT2D eigenvalue weighted by Crippen LogP contribution is 2.13. The Morgan fingerprint density at radius 2 is 2.58 bits per heavy atom. The minimum atomic E-state index is 0.312. The van der Waals surface area contributed by atoms with Crippen LogP contribution in [0.3, 0.4) is 0 Å². The first-order valence-corrected chi connectivity index (χ1v) is 4.20. The Labute approximate surface area is 70.7 Å². The van der Waals surface area contributed by atoms with E-state index in [2.05, 4.69) is 15.5 Å². The number of tetrazole rings is 1. The molecule has 1 fully saturated rings. The Hall–Kier alpha value is -0.970. The summed E-state index contributed by atoms with van der Waals surface area (Å²) in [7, 11) is 0. The van der Waals surface area contributed by atoms with Crippen molar-refractivity contribution in [2.24, 2.45) is 0 Å². The van der Waals surface area contributed by atoms with Crippen molar-refractivity contribution >= 4 is 0 Å². The molecule has 0 amide bonds. The van der Waals surface area contributed by atoms with Gasteiger partial charge in [0.25, 0.3) is 0 Å². The normalized spacial score (nSPS) is 23.2. The largest absolute Gasteiger partial charge is 0.376 e. The topological polar surface area (TPSA) is 52.8 Å². The molecule has 2 heterocycles. The highest BCUT2D eigenvalue weighted by molar-refractivity contribution is 4.75. The van der Waals surface area contributed by atoms with Gasteiger partial charge in [0.2, 0.25) is 0 Å². The van der Waals surface area contributed by atoms with Crippen molar-refractivity contribution in [3.05, 3.63) is 5.82 Å². The summed E-state index contributed by atoms with van der Waals surface area (Å²) >= 11 is 0. The smallest absolute Gasteiger partial charge is 0.148 e. The molecule has 1 atom stereocenters. The van der Waals surface area contributed by atoms with E-state index < -0.39 is 0 Å². The molecule has 1 aliphatic rings. The van der Waals surface area contributed by atoms with E-state index in [0.717, 1.165) is 31.8 Å². The monoisotopic (exact) mass is 168 g/mol. The lowest BCUT2D eigenvalue weighted by Gasteiger charge is -2.08. The number of rotatable bonds is 2. The van der Waals surface area contributed by atoms with Gasteiger partial charge < -0.3 is 4.74 Å². The first-order chi connectivity index (χ1) is 5.86. The van der Waals surface area contributed by atoms with Gasteiger partial charge in [0.15, 0.2) is 0 Å². The van der Waals surface area contributed by atoms with Crippen LogP contribution in [0.4, 0.5) is 0 Å². The van der Waals surface area contributed by atoms with Crippen LogP contribution in [-0.2, 0) is 11.3 Å². The van der Waals surface area contributed by atoms with E-state index in [1.54, 1.807) is 4.68 Å². The van der Waals surface area contributed by atoms with Crippen LogP contribution in [0.2, 0.25) is 0 Å². The van der Waals surface area contributed by atoms with Crippen LogP contribution in [0.25, 0.3) is 0 Å². The molecule has 0 aromatic carbocycles. The SMILES string of the molecule is Cc1nnnn1C[C@H]1CCCO1. The van der Waals surface area contributed by atoms with Gasteiger partial charge in [-0.2, -0.15) is 0 Å². The number of ether oxygens (including phenoxy) is 1. The summed E-state index contributed by atoms with van der Waals surface area (Å²) in [5, 5.41) is 11.2. The van der Waals surface area contributed by atoms with E-state index in [9.17, 15) is 0 Å². The minimum absolute atomic E-state index is 0.312. The van der Waals surface area contributed by atoms with E-state index in [1.165, 1.54) is 0 Å². The minimum Gasteiger partial charge on any atom is -0.376 e. The maximum absolute atomic E-state index is 5.46. The lowest BCUT2D eigenvalue weighted by Crippen LogP contribution is -2.17. The number of hydrogen-bond donors (Lipinski definition) is 0. The Morgan fingerprint density at radius 3 is 3.17 bits per heavy atom. The molecule has 5 nitrogen and oxygen atoms in total. The second-order valence-electron chi connectivity index (χ2n) is 3.04. The Balaban J connectivity index is 1.98. The van der Waals surface area contributed by atoms with Crippen molar-refractivity contribution in [3.63, 3.8) is 0 Å². The molecule has 0 bridgehead atoms. The number of nitrogens with zero attached hydrogens (tertiary/aromatic N) is 4. The zero-order valence-corrected chi connectivity index (χ0v) is 7.10. The summed E-state index contributed by atoms with van der Waals surface area (Å²) in [5.74, 6) is 0.852. The third kappa shape index (κ3) is 1.45. The zero-order chi connectivity index (χ0) is 8.39. The average molecular weight is 168 g/mol. The van der Waals surface area contributed by atoms with E-state index in [4.69, 9.17) is 4.74 Å². The lowest BCUT2D eigenvalue weighted by atomic mass is 10.2.